The van der Waals surface area contributed by atoms with E-state index >= 15 is 0 Å². The molecule has 0 spiro atoms. The molecule has 4 heteroatoms. The molecule has 110 valence electrons. The Morgan fingerprint density at radius 3 is 2.71 bits per heavy atom. The smallest absolute Gasteiger partial charge is 0.255 e. The minimum Gasteiger partial charge on any atom is -0.492 e. The van der Waals surface area contributed by atoms with E-state index in [1.165, 1.54) is 0 Å². The number of amides is 1. The maximum atomic E-state index is 12.3. The van der Waals surface area contributed by atoms with Crippen molar-refractivity contribution in [1.29, 1.82) is 0 Å². The number of rotatable bonds is 6. The molecule has 0 aliphatic heterocycles. The fourth-order valence-electron chi connectivity index (χ4n) is 2.01. The van der Waals surface area contributed by atoms with Crippen LogP contribution in [0, 0.1) is 0 Å². The molecule has 0 saturated heterocycles. The molecule has 0 fully saturated rings. The van der Waals surface area contributed by atoms with Crippen LogP contribution in [0.2, 0.25) is 0 Å². The summed E-state index contributed by atoms with van der Waals surface area (Å²) in [6.45, 7) is 2.94. The van der Waals surface area contributed by atoms with Crippen molar-refractivity contribution in [3.8, 4) is 5.75 Å². The van der Waals surface area contributed by atoms with Crippen LogP contribution in [0.25, 0.3) is 0 Å². The van der Waals surface area contributed by atoms with Crippen LogP contribution in [-0.4, -0.2) is 19.6 Å². The van der Waals surface area contributed by atoms with Crippen molar-refractivity contribution in [2.45, 2.75) is 13.5 Å². The van der Waals surface area contributed by atoms with Crippen LogP contribution in [0.3, 0.4) is 0 Å². The Labute approximate surface area is 124 Å². The van der Waals surface area contributed by atoms with Gasteiger partial charge in [-0.15, -0.1) is 0 Å². The van der Waals surface area contributed by atoms with Crippen molar-refractivity contribution in [2.24, 2.45) is 0 Å². The predicted octanol–water partition coefficient (Wildman–Crippen LogP) is 3.48. The summed E-state index contributed by atoms with van der Waals surface area (Å²) in [6, 6.07) is 14.8. The summed E-state index contributed by atoms with van der Waals surface area (Å²) in [4.78, 5) is 12.3. The van der Waals surface area contributed by atoms with E-state index in [1.54, 1.807) is 13.2 Å². The lowest BCUT2D eigenvalue weighted by Gasteiger charge is -2.11. The molecular weight excluding hydrogens is 266 g/mol. The number of ether oxygens (including phenoxy) is 2. The van der Waals surface area contributed by atoms with E-state index in [4.69, 9.17) is 9.47 Å². The first-order valence-electron chi connectivity index (χ1n) is 6.85. The lowest BCUT2D eigenvalue weighted by molar-refractivity contribution is 0.102. The molecule has 0 unspecified atom stereocenters. The highest BCUT2D eigenvalue weighted by molar-refractivity contribution is 6.05. The molecule has 21 heavy (non-hydrogen) atoms. The van der Waals surface area contributed by atoms with E-state index in [-0.39, 0.29) is 5.91 Å². The van der Waals surface area contributed by atoms with E-state index < -0.39 is 0 Å². The van der Waals surface area contributed by atoms with Gasteiger partial charge in [-0.25, -0.2) is 0 Å². The zero-order valence-electron chi connectivity index (χ0n) is 12.3. The first kappa shape index (κ1) is 15.1. The fraction of sp³-hybridized carbons (Fsp3) is 0.235. The quantitative estimate of drug-likeness (QED) is 0.884. The highest BCUT2D eigenvalue weighted by Crippen LogP contribution is 2.24. The second-order valence-electron chi connectivity index (χ2n) is 4.52. The number of methoxy groups -OCH3 is 1. The zero-order chi connectivity index (χ0) is 15.1. The van der Waals surface area contributed by atoms with Crippen LogP contribution in [-0.2, 0) is 11.3 Å². The monoisotopic (exact) mass is 285 g/mol. The summed E-state index contributed by atoms with van der Waals surface area (Å²) >= 11 is 0. The minimum absolute atomic E-state index is 0.167. The van der Waals surface area contributed by atoms with Crippen molar-refractivity contribution in [1.82, 2.24) is 0 Å². The highest BCUT2D eigenvalue weighted by atomic mass is 16.5. The molecule has 0 heterocycles. The van der Waals surface area contributed by atoms with Gasteiger partial charge in [0.25, 0.3) is 5.91 Å². The van der Waals surface area contributed by atoms with E-state index in [1.807, 2.05) is 49.4 Å². The second-order valence-corrected chi connectivity index (χ2v) is 4.52. The number of nitrogens with one attached hydrogen (secondary N) is 1. The Hall–Kier alpha value is -2.33. The summed E-state index contributed by atoms with van der Waals surface area (Å²) in [7, 11) is 1.63. The van der Waals surface area contributed by atoms with Crippen LogP contribution >= 0.6 is 0 Å². The molecule has 2 rings (SSSR count). The van der Waals surface area contributed by atoms with Gasteiger partial charge in [-0.1, -0.05) is 24.3 Å². The van der Waals surface area contributed by atoms with E-state index in [0.717, 1.165) is 5.56 Å². The van der Waals surface area contributed by atoms with Gasteiger partial charge in [0.15, 0.2) is 0 Å². The summed E-state index contributed by atoms with van der Waals surface area (Å²) in [5, 5.41) is 2.88. The lowest BCUT2D eigenvalue weighted by Crippen LogP contribution is -2.13. The normalized spacial score (nSPS) is 10.2. The van der Waals surface area contributed by atoms with Crippen LogP contribution in [0.15, 0.2) is 48.5 Å². The summed E-state index contributed by atoms with van der Waals surface area (Å²) in [6.07, 6.45) is 0. The molecule has 1 N–H and O–H groups in total. The van der Waals surface area contributed by atoms with Crippen LogP contribution < -0.4 is 10.1 Å². The molecule has 1 amide bonds. The van der Waals surface area contributed by atoms with Crippen molar-refractivity contribution in [2.75, 3.05) is 19.0 Å². The van der Waals surface area contributed by atoms with Crippen LogP contribution in [0.4, 0.5) is 5.69 Å². The SMILES string of the molecule is CCOc1ccccc1NC(=O)c1cccc(COC)c1. The van der Waals surface area contributed by atoms with Gasteiger partial charge >= 0.3 is 0 Å². The Morgan fingerprint density at radius 1 is 1.14 bits per heavy atom. The molecular formula is C17H19NO3. The van der Waals surface area contributed by atoms with E-state index in [2.05, 4.69) is 5.32 Å². The zero-order valence-corrected chi connectivity index (χ0v) is 12.3. The van der Waals surface area contributed by atoms with Crippen LogP contribution in [0.1, 0.15) is 22.8 Å². The molecule has 0 radical (unpaired) electrons. The largest absolute Gasteiger partial charge is 0.492 e. The van der Waals surface area contributed by atoms with Crippen molar-refractivity contribution in [3.05, 3.63) is 59.7 Å². The van der Waals surface area contributed by atoms with Gasteiger partial charge in [-0.3, -0.25) is 4.79 Å². The first-order valence-corrected chi connectivity index (χ1v) is 6.85. The third kappa shape index (κ3) is 4.07. The highest BCUT2D eigenvalue weighted by Gasteiger charge is 2.10. The number of anilines is 1. The summed E-state index contributed by atoms with van der Waals surface area (Å²) in [5.41, 5.74) is 2.22. The Bertz CT molecular complexity index is 610. The molecule has 0 aliphatic carbocycles. The van der Waals surface area contributed by atoms with Crippen molar-refractivity contribution in [3.63, 3.8) is 0 Å². The summed E-state index contributed by atoms with van der Waals surface area (Å²) < 4.78 is 10.6. The lowest BCUT2D eigenvalue weighted by atomic mass is 10.1. The maximum absolute atomic E-state index is 12.3. The number of carbonyl (C=O) groups is 1. The predicted molar refractivity (Wildman–Crippen MR) is 82.7 cm³/mol. The molecule has 2 aromatic rings. The Morgan fingerprint density at radius 2 is 1.95 bits per heavy atom. The average molecular weight is 285 g/mol. The third-order valence-electron chi connectivity index (χ3n) is 2.94. The number of hydrogen-bond donors (Lipinski definition) is 1. The van der Waals surface area contributed by atoms with Gasteiger partial charge in [0.2, 0.25) is 0 Å². The Kier molecular flexibility index (Phi) is 5.35. The Balaban J connectivity index is 2.16. The second kappa shape index (κ2) is 7.45. The molecule has 4 nitrogen and oxygen atoms in total. The molecule has 0 aliphatic rings. The molecule has 0 bridgehead atoms. The van der Waals surface area contributed by atoms with Gasteiger partial charge in [0.05, 0.1) is 18.9 Å². The van der Waals surface area contributed by atoms with Gasteiger partial charge in [-0.2, -0.15) is 0 Å². The maximum Gasteiger partial charge on any atom is 0.255 e. The summed E-state index contributed by atoms with van der Waals surface area (Å²) in [5.74, 6) is 0.501. The topological polar surface area (TPSA) is 47.6 Å². The van der Waals surface area contributed by atoms with Gasteiger partial charge in [0.1, 0.15) is 5.75 Å². The number of para-hydroxylation sites is 2. The number of carbonyl (C=O) groups excluding carboxylic acids is 1. The first-order chi connectivity index (χ1) is 10.2. The number of hydrogen-bond acceptors (Lipinski definition) is 3. The average Bonchev–Trinajstić information content (AvgIpc) is 2.50. The van der Waals surface area contributed by atoms with Gasteiger partial charge < -0.3 is 14.8 Å². The molecule has 0 aromatic heterocycles. The van der Waals surface area contributed by atoms with E-state index in [9.17, 15) is 4.79 Å². The van der Waals surface area contributed by atoms with Crippen molar-refractivity contribution >= 4 is 11.6 Å². The van der Waals surface area contributed by atoms with Gasteiger partial charge in [0, 0.05) is 12.7 Å². The molecule has 0 atom stereocenters. The van der Waals surface area contributed by atoms with Crippen molar-refractivity contribution < 1.29 is 14.3 Å². The number of benzene rings is 2. The third-order valence-corrected chi connectivity index (χ3v) is 2.94. The fourth-order valence-corrected chi connectivity index (χ4v) is 2.01. The minimum atomic E-state index is -0.167. The standard InChI is InChI=1S/C17H19NO3/c1-3-21-16-10-5-4-9-15(16)18-17(19)14-8-6-7-13(11-14)12-20-2/h4-11H,3,12H2,1-2H3,(H,18,19). The van der Waals surface area contributed by atoms with Crippen LogP contribution in [0.5, 0.6) is 5.75 Å². The molecule has 0 saturated carbocycles. The van der Waals surface area contributed by atoms with Gasteiger partial charge in [-0.05, 0) is 36.8 Å². The van der Waals surface area contributed by atoms with E-state index in [0.29, 0.717) is 30.2 Å². The molecule has 2 aromatic carbocycles.